The zero-order valence-electron chi connectivity index (χ0n) is 25.7. The minimum atomic E-state index is -1.86. The molecule has 0 unspecified atom stereocenters. The van der Waals surface area contributed by atoms with E-state index < -0.39 is 17.3 Å². The minimum Gasteiger partial charge on any atom is -0.481 e. The Hall–Kier alpha value is -2.05. The molecule has 4 rings (SSSR count). The monoisotopic (exact) mass is 850 g/mol. The van der Waals surface area contributed by atoms with Gasteiger partial charge in [0.05, 0.1) is 0 Å². The molecule has 0 radical (unpaired) electrons. The van der Waals surface area contributed by atoms with Crippen molar-refractivity contribution in [3.8, 4) is 0 Å². The molecule has 18 heteroatoms. The van der Waals surface area contributed by atoms with E-state index >= 15 is 0 Å². The maximum atomic E-state index is 10.1. The number of carbonyl (C=O) groups is 2. The molecule has 1 N–H and O–H groups in total. The summed E-state index contributed by atoms with van der Waals surface area (Å²) in [6.07, 6.45) is 4.25. The Morgan fingerprint density at radius 1 is 0.571 bits per heavy atom. The van der Waals surface area contributed by atoms with Crippen molar-refractivity contribution < 1.29 is 14.7 Å². The van der Waals surface area contributed by atoms with E-state index in [-0.39, 0.29) is 30.7 Å². The van der Waals surface area contributed by atoms with Gasteiger partial charge in [-0.2, -0.15) is 0 Å². The molecule has 2 aromatic heterocycles. The predicted octanol–water partition coefficient (Wildman–Crippen LogP) is 10.9. The maximum absolute atomic E-state index is 10.1. The molecule has 0 saturated carbocycles. The van der Waals surface area contributed by atoms with E-state index in [1.54, 1.807) is 26.0 Å². The third kappa shape index (κ3) is 19.8. The van der Waals surface area contributed by atoms with E-state index in [0.29, 0.717) is 11.6 Å². The van der Waals surface area contributed by atoms with Crippen LogP contribution in [0, 0.1) is 27.7 Å². The molecule has 0 saturated heterocycles. The van der Waals surface area contributed by atoms with Crippen molar-refractivity contribution in [3.63, 3.8) is 0 Å². The van der Waals surface area contributed by atoms with Crippen LogP contribution < -0.4 is 0 Å². The third-order valence-electron chi connectivity index (χ3n) is 4.99. The average Bonchev–Trinajstić information content (AvgIpc) is 2.96. The maximum Gasteiger partial charge on any atom is 0.300 e. The number of rotatable bonds is 3. The Morgan fingerprint density at radius 2 is 0.898 bits per heavy atom. The topological polar surface area (TPSA) is 132 Å². The van der Waals surface area contributed by atoms with Crippen LogP contribution in [0.4, 0.5) is 0 Å². The number of nitrogens with zero attached hydrogens (tertiary/aromatic N) is 6. The van der Waals surface area contributed by atoms with E-state index in [1.807, 2.05) is 62.4 Å². The fraction of sp³-hybridized carbons (Fsp3) is 0.290. The van der Waals surface area contributed by atoms with Crippen LogP contribution in [0.3, 0.4) is 0 Å². The van der Waals surface area contributed by atoms with Gasteiger partial charge in [0, 0.05) is 12.5 Å². The van der Waals surface area contributed by atoms with Crippen LogP contribution in [0.25, 0.3) is 12.2 Å². The molecule has 0 aliphatic rings. The zero-order valence-corrected chi connectivity index (χ0v) is 32.5. The van der Waals surface area contributed by atoms with Gasteiger partial charge in [-0.05, 0) is 39.3 Å². The molecule has 49 heavy (non-hydrogen) atoms. The molecule has 0 bridgehead atoms. The van der Waals surface area contributed by atoms with Crippen LogP contribution in [-0.2, 0) is 16.2 Å². The Bertz CT molecular complexity index is 1620. The Balaban J connectivity index is 0.000000739. The summed E-state index contributed by atoms with van der Waals surface area (Å²) >= 11 is 51.6. The standard InChI is InChI=1S/C14H9Cl6N3.C8H8O.C6H6Cl3N3.C2H4O2.CH4/c1-8-2-4-9(5-3-8)6-7-10-21-11(13(15,16)17)23-12(22-10)14(18,19)20;1-7-2-4-8(6-9)5-3-7;1-3-10-4(2)12-5(11-3)6(7,8)9;1-2(3)4;/h2-7H,1H3;2-6H,1H3;1-2H3;1H3,(H,3,4);1H4/b7-6+;;;;. The Kier molecular flexibility index (Phi) is 20.5. The number of benzene rings is 2. The van der Waals surface area contributed by atoms with Gasteiger partial charge in [-0.25, -0.2) is 29.9 Å². The lowest BCUT2D eigenvalue weighted by atomic mass is 10.1. The SMILES string of the molecule is C.CC(=O)O.Cc1ccc(/C=C/c2nc(C(Cl)(Cl)Cl)nc(C(Cl)(Cl)Cl)n2)cc1.Cc1ccc(C=O)cc1.Cc1nc(C)nc(C(Cl)(Cl)Cl)n1. The van der Waals surface area contributed by atoms with Crippen LogP contribution in [0.1, 0.15) is 76.3 Å². The number of carbonyl (C=O) groups excluding carboxylic acids is 1. The molecule has 2 aromatic carbocycles. The van der Waals surface area contributed by atoms with Crippen LogP contribution in [-0.4, -0.2) is 47.3 Å². The summed E-state index contributed by atoms with van der Waals surface area (Å²) in [5, 5.41) is 7.42. The number of aldehydes is 1. The Morgan fingerprint density at radius 3 is 1.22 bits per heavy atom. The lowest BCUT2D eigenvalue weighted by molar-refractivity contribution is -0.134. The van der Waals surface area contributed by atoms with Crippen molar-refractivity contribution in [1.29, 1.82) is 0 Å². The summed E-state index contributed by atoms with van der Waals surface area (Å²) in [5.74, 6) is 0.387. The molecule has 0 amide bonds. The quantitative estimate of drug-likeness (QED) is 0.158. The van der Waals surface area contributed by atoms with Crippen molar-refractivity contribution in [2.24, 2.45) is 0 Å². The molecular weight excluding hydrogens is 823 g/mol. The molecule has 0 aliphatic heterocycles. The van der Waals surface area contributed by atoms with Crippen molar-refractivity contribution >= 4 is 129 Å². The first-order chi connectivity index (χ1) is 22.0. The number of aliphatic carboxylic acids is 1. The predicted molar refractivity (Wildman–Crippen MR) is 204 cm³/mol. The summed E-state index contributed by atoms with van der Waals surface area (Å²) in [5.41, 5.74) is 4.02. The summed E-state index contributed by atoms with van der Waals surface area (Å²) < 4.78 is -5.29. The van der Waals surface area contributed by atoms with Crippen LogP contribution in [0.2, 0.25) is 0 Å². The van der Waals surface area contributed by atoms with Crippen LogP contribution in [0.5, 0.6) is 0 Å². The van der Waals surface area contributed by atoms with E-state index in [4.69, 9.17) is 114 Å². The summed E-state index contributed by atoms with van der Waals surface area (Å²) in [6.45, 7) is 8.51. The molecule has 0 aliphatic carbocycles. The van der Waals surface area contributed by atoms with Gasteiger partial charge in [-0.15, -0.1) is 0 Å². The Labute approximate surface area is 330 Å². The summed E-state index contributed by atoms with van der Waals surface area (Å²) in [7, 11) is 0. The smallest absolute Gasteiger partial charge is 0.300 e. The minimum absolute atomic E-state index is 0. The second-order valence-electron chi connectivity index (χ2n) is 9.38. The molecule has 0 fully saturated rings. The van der Waals surface area contributed by atoms with Gasteiger partial charge in [0.25, 0.3) is 5.97 Å². The van der Waals surface area contributed by atoms with Crippen LogP contribution >= 0.6 is 104 Å². The fourth-order valence-corrected chi connectivity index (χ4v) is 3.72. The molecule has 0 atom stereocenters. The van der Waals surface area contributed by atoms with E-state index in [9.17, 15) is 4.79 Å². The van der Waals surface area contributed by atoms with E-state index in [0.717, 1.165) is 29.9 Å². The van der Waals surface area contributed by atoms with Gasteiger partial charge in [0.15, 0.2) is 23.3 Å². The number of hydrogen-bond acceptors (Lipinski definition) is 8. The van der Waals surface area contributed by atoms with E-state index in [1.165, 1.54) is 5.56 Å². The van der Waals surface area contributed by atoms with E-state index in [2.05, 4.69) is 29.9 Å². The summed E-state index contributed by atoms with van der Waals surface area (Å²) in [6, 6.07) is 15.3. The van der Waals surface area contributed by atoms with Gasteiger partial charge in [-0.3, -0.25) is 9.59 Å². The van der Waals surface area contributed by atoms with Gasteiger partial charge in [0.1, 0.15) is 17.9 Å². The highest BCUT2D eigenvalue weighted by molar-refractivity contribution is 6.67. The average molecular weight is 855 g/mol. The number of carboxylic acids is 1. The number of carboxylic acid groups (broad SMARTS) is 1. The number of alkyl halides is 9. The van der Waals surface area contributed by atoms with Gasteiger partial charge in [0.2, 0.25) is 11.4 Å². The molecule has 266 valence electrons. The van der Waals surface area contributed by atoms with Crippen molar-refractivity contribution in [3.05, 3.63) is 106 Å². The van der Waals surface area contributed by atoms with Crippen molar-refractivity contribution in [2.75, 3.05) is 0 Å². The van der Waals surface area contributed by atoms with Crippen LogP contribution in [0.15, 0.2) is 48.5 Å². The zero-order chi connectivity index (χ0) is 36.9. The first-order valence-electron chi connectivity index (χ1n) is 13.1. The molecule has 0 spiro atoms. The lowest BCUT2D eigenvalue weighted by Crippen LogP contribution is -2.16. The highest BCUT2D eigenvalue weighted by atomic mass is 35.6. The largest absolute Gasteiger partial charge is 0.481 e. The molecule has 2 heterocycles. The second kappa shape index (κ2) is 21.3. The number of aromatic nitrogens is 6. The van der Waals surface area contributed by atoms with Crippen molar-refractivity contribution in [2.45, 2.75) is 53.4 Å². The first-order valence-corrected chi connectivity index (χ1v) is 16.5. The highest BCUT2D eigenvalue weighted by Gasteiger charge is 2.33. The second-order valence-corrected chi connectivity index (χ2v) is 16.2. The molecule has 4 aromatic rings. The molecule has 9 nitrogen and oxygen atoms in total. The first kappa shape index (κ1) is 47.0. The normalized spacial score (nSPS) is 11.1. The van der Waals surface area contributed by atoms with Crippen molar-refractivity contribution in [1.82, 2.24) is 29.9 Å². The lowest BCUT2D eigenvalue weighted by Gasteiger charge is -2.14. The van der Waals surface area contributed by atoms with Gasteiger partial charge < -0.3 is 5.11 Å². The number of aryl methyl sites for hydroxylation is 4. The third-order valence-corrected chi connectivity index (χ3v) is 6.51. The number of hydrogen-bond donors (Lipinski definition) is 1. The summed E-state index contributed by atoms with van der Waals surface area (Å²) in [4.78, 5) is 42.9. The molecular formula is C31H31Cl9N6O3. The fourth-order valence-electron chi connectivity index (χ4n) is 2.96. The van der Waals surface area contributed by atoms with Gasteiger partial charge >= 0.3 is 0 Å². The highest BCUT2D eigenvalue weighted by Crippen LogP contribution is 2.40. The number of halogens is 9. The van der Waals surface area contributed by atoms with Gasteiger partial charge in [-0.1, -0.05) is 178 Å².